The zero-order chi connectivity index (χ0) is 29.6. The van der Waals surface area contributed by atoms with E-state index >= 15 is 0 Å². The van der Waals surface area contributed by atoms with Crippen LogP contribution in [-0.4, -0.2) is 79.9 Å². The van der Waals surface area contributed by atoms with Crippen LogP contribution in [0, 0.1) is 11.3 Å². The predicted octanol–water partition coefficient (Wildman–Crippen LogP) is 4.52. The molecule has 0 bridgehead atoms. The molecule has 0 aliphatic carbocycles. The summed E-state index contributed by atoms with van der Waals surface area (Å²) in [5.41, 5.74) is 2.99. The first-order valence-electron chi connectivity index (χ1n) is 13.8. The van der Waals surface area contributed by atoms with Crippen molar-refractivity contribution in [2.24, 2.45) is 0 Å². The van der Waals surface area contributed by atoms with Crippen LogP contribution in [-0.2, 0) is 0 Å². The van der Waals surface area contributed by atoms with Crippen LogP contribution in [0.25, 0.3) is 0 Å². The van der Waals surface area contributed by atoms with Crippen LogP contribution in [0.5, 0.6) is 0 Å². The largest absolute Gasteiger partial charge is 0.366 e. The van der Waals surface area contributed by atoms with Gasteiger partial charge in [0.25, 0.3) is 17.7 Å². The highest BCUT2D eigenvalue weighted by atomic mass is 35.5. The lowest BCUT2D eigenvalue weighted by Crippen LogP contribution is -2.49. The molecule has 2 aliphatic heterocycles. The monoisotopic (exact) mass is 604 g/mol. The topological polar surface area (TPSA) is 109 Å². The van der Waals surface area contributed by atoms with E-state index in [2.05, 4.69) is 21.6 Å². The fourth-order valence-electron chi connectivity index (χ4n) is 5.15. The van der Waals surface area contributed by atoms with Crippen molar-refractivity contribution in [2.75, 3.05) is 62.6 Å². The van der Waals surface area contributed by atoms with Crippen molar-refractivity contribution in [1.29, 1.82) is 5.26 Å². The van der Waals surface area contributed by atoms with E-state index in [1.807, 2.05) is 11.0 Å². The zero-order valence-corrected chi connectivity index (χ0v) is 24.4. The molecule has 2 N–H and O–H groups in total. The summed E-state index contributed by atoms with van der Waals surface area (Å²) in [4.78, 5) is 45.4. The number of benzene rings is 3. The molecule has 5 rings (SSSR count). The summed E-state index contributed by atoms with van der Waals surface area (Å²) in [5, 5.41) is 16.2. The molecule has 11 heteroatoms. The van der Waals surface area contributed by atoms with Crippen LogP contribution in [0.15, 0.2) is 60.7 Å². The summed E-state index contributed by atoms with van der Waals surface area (Å²) in [6.45, 7) is 4.80. The molecular weight excluding hydrogens is 575 g/mol. The number of nitriles is 1. The van der Waals surface area contributed by atoms with Gasteiger partial charge in [0.05, 0.1) is 33.6 Å². The van der Waals surface area contributed by atoms with Crippen molar-refractivity contribution < 1.29 is 14.4 Å². The van der Waals surface area contributed by atoms with Crippen molar-refractivity contribution in [3.63, 3.8) is 0 Å². The number of hydrogen-bond donors (Lipinski definition) is 2. The Morgan fingerprint density at radius 2 is 1.50 bits per heavy atom. The van der Waals surface area contributed by atoms with Gasteiger partial charge >= 0.3 is 0 Å². The molecular formula is C31H30Cl2N6O3. The summed E-state index contributed by atoms with van der Waals surface area (Å²) in [6, 6.07) is 18.6. The van der Waals surface area contributed by atoms with E-state index in [-0.39, 0.29) is 17.7 Å². The lowest BCUT2D eigenvalue weighted by molar-refractivity contribution is 0.0744. The maximum Gasteiger partial charge on any atom is 0.255 e. The maximum absolute atomic E-state index is 13.4. The normalized spacial score (nSPS) is 15.5. The average molecular weight is 606 g/mol. The minimum atomic E-state index is -0.351. The number of amides is 3. The highest BCUT2D eigenvalue weighted by molar-refractivity contribution is 6.36. The second-order valence-corrected chi connectivity index (χ2v) is 11.0. The number of nitrogens with one attached hydrogen (secondary N) is 2. The molecule has 9 nitrogen and oxygen atoms in total. The highest BCUT2D eigenvalue weighted by Gasteiger charge is 2.26. The Bertz CT molecular complexity index is 1520. The molecule has 42 heavy (non-hydrogen) atoms. The molecule has 2 saturated heterocycles. The first-order chi connectivity index (χ1) is 20.3. The third-order valence-corrected chi connectivity index (χ3v) is 8.01. The number of anilines is 2. The number of piperazine rings is 1. The maximum atomic E-state index is 13.4. The SMILES string of the molecule is N#Cc1ccc(C(=O)Nc2cc(C(=O)N3CCCNCC3)ccc2N2CCN(C(=O)c3ccc(Cl)cc3Cl)CC2)cc1. The van der Waals surface area contributed by atoms with Gasteiger partial charge in [-0.2, -0.15) is 5.26 Å². The minimum Gasteiger partial charge on any atom is -0.366 e. The molecule has 0 atom stereocenters. The number of carbonyl (C=O) groups is 3. The first-order valence-corrected chi connectivity index (χ1v) is 14.5. The van der Waals surface area contributed by atoms with Crippen molar-refractivity contribution in [3.05, 3.63) is 93.0 Å². The van der Waals surface area contributed by atoms with E-state index in [4.69, 9.17) is 28.5 Å². The van der Waals surface area contributed by atoms with Crippen LogP contribution in [0.2, 0.25) is 10.0 Å². The second kappa shape index (κ2) is 13.3. The Labute approximate surface area is 254 Å². The fraction of sp³-hybridized carbons (Fsp3) is 0.290. The molecule has 2 heterocycles. The number of nitrogens with zero attached hydrogens (tertiary/aromatic N) is 4. The Hall–Kier alpha value is -4.10. The van der Waals surface area contributed by atoms with Gasteiger partial charge in [-0.25, -0.2) is 0 Å². The Balaban J connectivity index is 1.37. The van der Waals surface area contributed by atoms with Gasteiger partial charge in [0, 0.05) is 62.0 Å². The van der Waals surface area contributed by atoms with Crippen molar-refractivity contribution in [2.45, 2.75) is 6.42 Å². The number of hydrogen-bond acceptors (Lipinski definition) is 6. The minimum absolute atomic E-state index is 0.0885. The average Bonchev–Trinajstić information content (AvgIpc) is 3.30. The fourth-order valence-corrected chi connectivity index (χ4v) is 5.64. The number of halogens is 2. The van der Waals surface area contributed by atoms with Gasteiger partial charge in [-0.1, -0.05) is 23.2 Å². The third-order valence-electron chi connectivity index (χ3n) is 7.46. The summed E-state index contributed by atoms with van der Waals surface area (Å²) >= 11 is 12.3. The molecule has 0 radical (unpaired) electrons. The first kappa shape index (κ1) is 29.4. The lowest BCUT2D eigenvalue weighted by atomic mass is 10.1. The van der Waals surface area contributed by atoms with Gasteiger partial charge in [0.1, 0.15) is 0 Å². The lowest BCUT2D eigenvalue weighted by Gasteiger charge is -2.37. The van der Waals surface area contributed by atoms with E-state index in [1.54, 1.807) is 59.5 Å². The molecule has 3 aromatic rings. The molecule has 0 aromatic heterocycles. The molecule has 0 spiro atoms. The molecule has 2 aliphatic rings. The van der Waals surface area contributed by atoms with Crippen LogP contribution in [0.4, 0.5) is 11.4 Å². The molecule has 0 saturated carbocycles. The van der Waals surface area contributed by atoms with Crippen LogP contribution in [0.3, 0.4) is 0 Å². The third kappa shape index (κ3) is 6.68. The van der Waals surface area contributed by atoms with Crippen LogP contribution in [0.1, 0.15) is 43.1 Å². The van der Waals surface area contributed by atoms with Crippen LogP contribution < -0.4 is 15.5 Å². The van der Waals surface area contributed by atoms with Gasteiger partial charge in [-0.05, 0) is 73.6 Å². The number of rotatable bonds is 5. The van der Waals surface area contributed by atoms with E-state index in [1.165, 1.54) is 0 Å². The Kier molecular flexibility index (Phi) is 9.28. The van der Waals surface area contributed by atoms with Crippen LogP contribution >= 0.6 is 23.2 Å². The highest BCUT2D eigenvalue weighted by Crippen LogP contribution is 2.30. The van der Waals surface area contributed by atoms with Crippen molar-refractivity contribution >= 4 is 52.3 Å². The summed E-state index contributed by atoms with van der Waals surface area (Å²) in [7, 11) is 0. The Morgan fingerprint density at radius 1 is 0.786 bits per heavy atom. The second-order valence-electron chi connectivity index (χ2n) is 10.2. The van der Waals surface area contributed by atoms with Crippen molar-refractivity contribution in [1.82, 2.24) is 15.1 Å². The summed E-state index contributed by atoms with van der Waals surface area (Å²) in [6.07, 6.45) is 0.871. The summed E-state index contributed by atoms with van der Waals surface area (Å²) < 4.78 is 0. The standard InChI is InChI=1S/C31H30Cl2N6O3/c32-24-7-8-25(26(33)19-24)31(42)39-16-14-37(15-17-39)28-9-6-23(30(41)38-12-1-10-35-11-13-38)18-27(28)36-29(40)22-4-2-21(20-34)3-5-22/h2-9,18-19,35H,1,10-17H2,(H,36,40). The van der Waals surface area contributed by atoms with E-state index in [0.29, 0.717) is 77.3 Å². The zero-order valence-electron chi connectivity index (χ0n) is 22.9. The van der Waals surface area contributed by atoms with Gasteiger partial charge in [-0.3, -0.25) is 14.4 Å². The van der Waals surface area contributed by atoms with Gasteiger partial charge in [-0.15, -0.1) is 0 Å². The molecule has 216 valence electrons. The van der Waals surface area contributed by atoms with E-state index in [9.17, 15) is 14.4 Å². The predicted molar refractivity (Wildman–Crippen MR) is 164 cm³/mol. The van der Waals surface area contributed by atoms with E-state index in [0.717, 1.165) is 25.2 Å². The Morgan fingerprint density at radius 3 is 2.21 bits per heavy atom. The van der Waals surface area contributed by atoms with E-state index < -0.39 is 0 Å². The smallest absolute Gasteiger partial charge is 0.255 e. The molecule has 3 amide bonds. The van der Waals surface area contributed by atoms with Gasteiger partial charge in [0.2, 0.25) is 0 Å². The van der Waals surface area contributed by atoms with Crippen molar-refractivity contribution in [3.8, 4) is 6.07 Å². The van der Waals surface area contributed by atoms with Gasteiger partial charge < -0.3 is 25.3 Å². The van der Waals surface area contributed by atoms with Gasteiger partial charge in [0.15, 0.2) is 0 Å². The molecule has 0 unspecified atom stereocenters. The number of carbonyl (C=O) groups excluding carboxylic acids is 3. The summed E-state index contributed by atoms with van der Waals surface area (Å²) in [5.74, 6) is -0.608. The molecule has 2 fully saturated rings. The molecule has 3 aromatic carbocycles. The quantitative estimate of drug-likeness (QED) is 0.443.